The van der Waals surface area contributed by atoms with Gasteiger partial charge in [0.1, 0.15) is 5.78 Å². The fourth-order valence-corrected chi connectivity index (χ4v) is 4.58. The van der Waals surface area contributed by atoms with Crippen molar-refractivity contribution in [3.63, 3.8) is 0 Å². The molecule has 0 saturated carbocycles. The molecular weight excluding hydrogens is 244 g/mol. The number of rotatable bonds is 4. The molecule has 0 N–H and O–H groups in total. The Morgan fingerprint density at radius 1 is 1.44 bits per heavy atom. The largest absolute Gasteiger partial charge is 0.375 e. The summed E-state index contributed by atoms with van der Waals surface area (Å²) >= 11 is 2.02. The quantitative estimate of drug-likeness (QED) is 0.779. The molecule has 2 rings (SSSR count). The highest BCUT2D eigenvalue weighted by atomic mass is 32.2. The first kappa shape index (κ1) is 14.4. The topological polar surface area (TPSA) is 26.3 Å². The summed E-state index contributed by atoms with van der Waals surface area (Å²) in [6, 6.07) is 0. The van der Waals surface area contributed by atoms with Gasteiger partial charge in [0, 0.05) is 18.4 Å². The average Bonchev–Trinajstić information content (AvgIpc) is 2.39. The molecule has 104 valence electrons. The zero-order valence-electron chi connectivity index (χ0n) is 11.7. The van der Waals surface area contributed by atoms with E-state index in [0.29, 0.717) is 5.78 Å². The molecule has 3 heteroatoms. The molecule has 2 saturated heterocycles. The van der Waals surface area contributed by atoms with Crippen molar-refractivity contribution >= 4 is 17.5 Å². The molecule has 0 radical (unpaired) electrons. The summed E-state index contributed by atoms with van der Waals surface area (Å²) in [6.07, 6.45) is 6.37. The van der Waals surface area contributed by atoms with Crippen molar-refractivity contribution in [3.05, 3.63) is 0 Å². The van der Waals surface area contributed by atoms with Crippen molar-refractivity contribution in [2.24, 2.45) is 11.8 Å². The van der Waals surface area contributed by atoms with Crippen LogP contribution in [0.5, 0.6) is 0 Å². The number of ketones is 1. The minimum Gasteiger partial charge on any atom is -0.375 e. The summed E-state index contributed by atoms with van der Waals surface area (Å²) < 4.78 is 6.06. The molecule has 2 aliphatic rings. The van der Waals surface area contributed by atoms with E-state index >= 15 is 0 Å². The average molecular weight is 270 g/mol. The third-order valence-corrected chi connectivity index (χ3v) is 5.49. The van der Waals surface area contributed by atoms with E-state index < -0.39 is 0 Å². The van der Waals surface area contributed by atoms with Crippen LogP contribution in [-0.4, -0.2) is 29.5 Å². The zero-order valence-corrected chi connectivity index (χ0v) is 12.6. The molecule has 0 aliphatic carbocycles. The van der Waals surface area contributed by atoms with Gasteiger partial charge in [-0.25, -0.2) is 0 Å². The van der Waals surface area contributed by atoms with Crippen molar-refractivity contribution in [2.75, 3.05) is 18.1 Å². The lowest BCUT2D eigenvalue weighted by Crippen LogP contribution is -2.45. The van der Waals surface area contributed by atoms with Crippen molar-refractivity contribution < 1.29 is 9.53 Å². The van der Waals surface area contributed by atoms with Crippen LogP contribution >= 0.6 is 11.8 Å². The Morgan fingerprint density at radius 3 is 2.83 bits per heavy atom. The molecule has 18 heavy (non-hydrogen) atoms. The van der Waals surface area contributed by atoms with Gasteiger partial charge >= 0.3 is 0 Å². The van der Waals surface area contributed by atoms with Gasteiger partial charge < -0.3 is 4.74 Å². The Kier molecular flexibility index (Phi) is 5.14. The van der Waals surface area contributed by atoms with Gasteiger partial charge in [-0.05, 0) is 43.6 Å². The summed E-state index contributed by atoms with van der Waals surface area (Å²) in [4.78, 5) is 12.5. The van der Waals surface area contributed by atoms with Crippen LogP contribution in [0, 0.1) is 11.8 Å². The SMILES string of the molecule is CCCC(C)C(=O)C1CCOC2(CCSCC2)C1. The Hall–Kier alpha value is -0.0200. The molecule has 2 unspecified atom stereocenters. The van der Waals surface area contributed by atoms with Crippen molar-refractivity contribution in [2.45, 2.75) is 58.0 Å². The number of hydrogen-bond acceptors (Lipinski definition) is 3. The minimum atomic E-state index is 0.0514. The van der Waals surface area contributed by atoms with E-state index in [1.54, 1.807) is 0 Å². The van der Waals surface area contributed by atoms with E-state index in [1.807, 2.05) is 11.8 Å². The maximum absolute atomic E-state index is 12.5. The number of carbonyl (C=O) groups is 1. The first-order chi connectivity index (χ1) is 8.67. The van der Waals surface area contributed by atoms with Gasteiger partial charge in [-0.3, -0.25) is 4.79 Å². The van der Waals surface area contributed by atoms with Crippen LogP contribution in [-0.2, 0) is 9.53 Å². The van der Waals surface area contributed by atoms with Crippen LogP contribution in [0.25, 0.3) is 0 Å². The van der Waals surface area contributed by atoms with Crippen molar-refractivity contribution in [1.82, 2.24) is 0 Å². The van der Waals surface area contributed by atoms with Gasteiger partial charge in [0.15, 0.2) is 0 Å². The number of thioether (sulfide) groups is 1. The van der Waals surface area contributed by atoms with Gasteiger partial charge in [0.2, 0.25) is 0 Å². The highest BCUT2D eigenvalue weighted by molar-refractivity contribution is 7.99. The molecule has 2 aliphatic heterocycles. The predicted molar refractivity (Wildman–Crippen MR) is 77.0 cm³/mol. The third kappa shape index (κ3) is 3.30. The van der Waals surface area contributed by atoms with Crippen LogP contribution in [0.3, 0.4) is 0 Å². The predicted octanol–water partition coefficient (Wildman–Crippen LogP) is 3.68. The summed E-state index contributed by atoms with van der Waals surface area (Å²) in [5.41, 5.74) is 0.0514. The lowest BCUT2D eigenvalue weighted by Gasteiger charge is -2.43. The number of ether oxygens (including phenoxy) is 1. The second-order valence-electron chi connectivity index (χ2n) is 5.93. The molecular formula is C15H26O2S. The van der Waals surface area contributed by atoms with Gasteiger partial charge in [-0.2, -0.15) is 11.8 Å². The first-order valence-corrected chi connectivity index (χ1v) is 8.58. The first-order valence-electron chi connectivity index (χ1n) is 7.42. The second-order valence-corrected chi connectivity index (χ2v) is 7.15. The van der Waals surface area contributed by atoms with Crippen LogP contribution in [0.15, 0.2) is 0 Å². The molecule has 2 atom stereocenters. The van der Waals surface area contributed by atoms with E-state index in [4.69, 9.17) is 4.74 Å². The lowest BCUT2D eigenvalue weighted by molar-refractivity contribution is -0.141. The maximum atomic E-state index is 12.5. The van der Waals surface area contributed by atoms with Crippen LogP contribution < -0.4 is 0 Å². The highest BCUT2D eigenvalue weighted by Gasteiger charge is 2.41. The summed E-state index contributed by atoms with van der Waals surface area (Å²) in [5, 5.41) is 0. The fraction of sp³-hybridized carbons (Fsp3) is 0.933. The molecule has 2 fully saturated rings. The summed E-state index contributed by atoms with van der Waals surface area (Å²) in [5.74, 6) is 3.41. The van der Waals surface area contributed by atoms with Crippen LogP contribution in [0.1, 0.15) is 52.4 Å². The molecule has 1 spiro atoms. The summed E-state index contributed by atoms with van der Waals surface area (Å²) in [6.45, 7) is 5.05. The Morgan fingerprint density at radius 2 is 2.17 bits per heavy atom. The van der Waals surface area contributed by atoms with Gasteiger partial charge in [-0.1, -0.05) is 20.3 Å². The number of Topliss-reactive ketones (excluding diaryl/α,β-unsaturated/α-hetero) is 1. The van der Waals surface area contributed by atoms with Gasteiger partial charge in [0.05, 0.1) is 5.60 Å². The van der Waals surface area contributed by atoms with E-state index in [9.17, 15) is 4.79 Å². The smallest absolute Gasteiger partial charge is 0.138 e. The zero-order chi connectivity index (χ0) is 13.0. The van der Waals surface area contributed by atoms with Crippen LogP contribution in [0.2, 0.25) is 0 Å². The Balaban J connectivity index is 1.95. The highest BCUT2D eigenvalue weighted by Crippen LogP contribution is 2.40. The molecule has 2 nitrogen and oxygen atoms in total. The molecule has 0 bridgehead atoms. The van der Waals surface area contributed by atoms with E-state index in [1.165, 1.54) is 11.5 Å². The standard InChI is InChI=1S/C15H26O2S/c1-3-4-12(2)14(16)13-5-8-17-15(11-13)6-9-18-10-7-15/h12-13H,3-11H2,1-2H3. The van der Waals surface area contributed by atoms with E-state index in [-0.39, 0.29) is 17.4 Å². The second kappa shape index (κ2) is 6.42. The van der Waals surface area contributed by atoms with Crippen molar-refractivity contribution in [3.8, 4) is 0 Å². The fourth-order valence-electron chi connectivity index (χ4n) is 3.34. The molecule has 0 amide bonds. The van der Waals surface area contributed by atoms with E-state index in [2.05, 4.69) is 13.8 Å². The monoisotopic (exact) mass is 270 g/mol. The Labute approximate surface area is 115 Å². The number of carbonyl (C=O) groups excluding carboxylic acids is 1. The molecule has 0 aromatic heterocycles. The van der Waals surface area contributed by atoms with Crippen LogP contribution in [0.4, 0.5) is 0 Å². The van der Waals surface area contributed by atoms with E-state index in [0.717, 1.165) is 45.1 Å². The normalized spacial score (nSPS) is 29.1. The summed E-state index contributed by atoms with van der Waals surface area (Å²) in [7, 11) is 0. The lowest BCUT2D eigenvalue weighted by atomic mass is 9.77. The van der Waals surface area contributed by atoms with Crippen molar-refractivity contribution in [1.29, 1.82) is 0 Å². The van der Waals surface area contributed by atoms with Gasteiger partial charge in [0.25, 0.3) is 0 Å². The molecule has 0 aromatic carbocycles. The van der Waals surface area contributed by atoms with Gasteiger partial charge in [-0.15, -0.1) is 0 Å². The minimum absolute atomic E-state index is 0.0514. The molecule has 0 aromatic rings. The maximum Gasteiger partial charge on any atom is 0.138 e. The third-order valence-electron chi connectivity index (χ3n) is 4.51. The number of hydrogen-bond donors (Lipinski definition) is 0. The Bertz CT molecular complexity index is 279. The molecule has 2 heterocycles.